The number of hydrogen-bond acceptors (Lipinski definition) is 3. The second-order valence-corrected chi connectivity index (χ2v) is 9.71. The van der Waals surface area contributed by atoms with Crippen LogP contribution in [0.2, 0.25) is 10.0 Å². The van der Waals surface area contributed by atoms with Gasteiger partial charge in [0.2, 0.25) is 5.91 Å². The molecule has 32 heavy (non-hydrogen) atoms. The summed E-state index contributed by atoms with van der Waals surface area (Å²) in [4.78, 5) is 39.6. The average molecular weight is 476 g/mol. The van der Waals surface area contributed by atoms with Gasteiger partial charge in [-0.25, -0.2) is 9.18 Å². The maximum absolute atomic E-state index is 14.8. The van der Waals surface area contributed by atoms with Gasteiger partial charge in [-0.1, -0.05) is 43.1 Å². The van der Waals surface area contributed by atoms with E-state index in [9.17, 15) is 23.9 Å². The van der Waals surface area contributed by atoms with Gasteiger partial charge in [0.25, 0.3) is 0 Å². The summed E-state index contributed by atoms with van der Waals surface area (Å²) in [5, 5.41) is 9.72. The fraction of sp³-hybridized carbons (Fsp3) is 0.292. The number of anilines is 1. The molecule has 2 aromatic rings. The second-order valence-electron chi connectivity index (χ2n) is 8.89. The van der Waals surface area contributed by atoms with E-state index >= 15 is 0 Å². The number of ketones is 1. The lowest BCUT2D eigenvalue weighted by atomic mass is 9.69. The largest absolute Gasteiger partial charge is 0.478 e. The number of halogens is 3. The maximum Gasteiger partial charge on any atom is 0.335 e. The van der Waals surface area contributed by atoms with Gasteiger partial charge in [-0.2, -0.15) is 0 Å². The first-order valence-electron chi connectivity index (χ1n) is 10.1. The van der Waals surface area contributed by atoms with E-state index in [4.69, 9.17) is 23.2 Å². The fourth-order valence-electron chi connectivity index (χ4n) is 4.60. The Morgan fingerprint density at radius 3 is 2.50 bits per heavy atom. The lowest BCUT2D eigenvalue weighted by molar-refractivity contribution is -0.121. The topological polar surface area (TPSA) is 74.7 Å². The van der Waals surface area contributed by atoms with Gasteiger partial charge in [-0.05, 0) is 42.2 Å². The van der Waals surface area contributed by atoms with Crippen molar-refractivity contribution in [2.75, 3.05) is 4.90 Å². The highest BCUT2D eigenvalue weighted by Gasteiger charge is 2.45. The highest BCUT2D eigenvalue weighted by atomic mass is 35.5. The maximum atomic E-state index is 14.8. The van der Waals surface area contributed by atoms with Crippen molar-refractivity contribution < 1.29 is 23.9 Å². The summed E-state index contributed by atoms with van der Waals surface area (Å²) < 4.78 is 14.8. The number of carboxylic acids is 1. The monoisotopic (exact) mass is 475 g/mol. The third-order valence-corrected chi connectivity index (χ3v) is 6.57. The molecular weight excluding hydrogens is 456 g/mol. The van der Waals surface area contributed by atoms with Gasteiger partial charge < -0.3 is 5.11 Å². The van der Waals surface area contributed by atoms with E-state index in [0.29, 0.717) is 17.7 Å². The molecular formula is C24H20Cl2FNO4. The molecule has 0 spiro atoms. The number of carbonyl (C=O) groups excluding carboxylic acids is 2. The van der Waals surface area contributed by atoms with Crippen LogP contribution in [0.4, 0.5) is 10.1 Å². The molecule has 1 unspecified atom stereocenters. The number of benzene rings is 2. The van der Waals surface area contributed by atoms with E-state index in [1.165, 1.54) is 41.3 Å². The van der Waals surface area contributed by atoms with Crippen molar-refractivity contribution in [3.05, 3.63) is 74.7 Å². The summed E-state index contributed by atoms with van der Waals surface area (Å²) in [5.41, 5.74) is 0.552. The third-order valence-electron chi connectivity index (χ3n) is 5.93. The van der Waals surface area contributed by atoms with Gasteiger partial charge in [0.1, 0.15) is 5.82 Å². The normalized spacial score (nSPS) is 20.4. The molecule has 1 amide bonds. The zero-order chi connectivity index (χ0) is 23.4. The predicted molar refractivity (Wildman–Crippen MR) is 120 cm³/mol. The summed E-state index contributed by atoms with van der Waals surface area (Å²) in [7, 11) is 0. The van der Waals surface area contributed by atoms with Gasteiger partial charge in [0, 0.05) is 40.6 Å². The molecule has 1 heterocycles. The van der Waals surface area contributed by atoms with Gasteiger partial charge in [0.05, 0.1) is 16.3 Å². The number of rotatable bonds is 3. The molecule has 0 saturated heterocycles. The highest BCUT2D eigenvalue weighted by molar-refractivity contribution is 6.34. The molecule has 4 rings (SSSR count). The average Bonchev–Trinajstić information content (AvgIpc) is 2.67. The van der Waals surface area contributed by atoms with E-state index in [-0.39, 0.29) is 45.5 Å². The number of allylic oxidation sites excluding steroid dienone is 2. The van der Waals surface area contributed by atoms with E-state index in [1.54, 1.807) is 0 Å². The summed E-state index contributed by atoms with van der Waals surface area (Å²) >= 11 is 12.7. The molecule has 0 fully saturated rings. The number of nitrogens with zero attached hydrogens (tertiary/aromatic N) is 1. The molecule has 1 atom stereocenters. The zero-order valence-corrected chi connectivity index (χ0v) is 18.9. The first-order chi connectivity index (χ1) is 15.0. The van der Waals surface area contributed by atoms with Crippen LogP contribution in [-0.4, -0.2) is 22.8 Å². The Hall–Kier alpha value is -2.70. The lowest BCUT2D eigenvalue weighted by Crippen LogP contribution is -2.44. The Morgan fingerprint density at radius 1 is 1.12 bits per heavy atom. The molecule has 0 aromatic heterocycles. The van der Waals surface area contributed by atoms with Gasteiger partial charge in [-0.15, -0.1) is 0 Å². The minimum Gasteiger partial charge on any atom is -0.478 e. The number of carbonyl (C=O) groups is 3. The molecule has 0 saturated carbocycles. The molecule has 2 aromatic carbocycles. The Labute approximate surface area is 194 Å². The molecule has 8 heteroatoms. The summed E-state index contributed by atoms with van der Waals surface area (Å²) in [5.74, 6) is -3.18. The number of amides is 1. The second kappa shape index (κ2) is 8.01. The number of Topliss-reactive ketones (excluding diaryl/α,β-unsaturated/α-hetero) is 1. The van der Waals surface area contributed by atoms with Crippen LogP contribution in [-0.2, 0) is 9.59 Å². The van der Waals surface area contributed by atoms with Crippen molar-refractivity contribution in [2.45, 2.75) is 39.0 Å². The number of hydrogen-bond donors (Lipinski definition) is 1. The van der Waals surface area contributed by atoms with Crippen LogP contribution < -0.4 is 4.90 Å². The Morgan fingerprint density at radius 2 is 1.84 bits per heavy atom. The van der Waals surface area contributed by atoms with Crippen LogP contribution in [0.1, 0.15) is 54.9 Å². The Balaban J connectivity index is 1.98. The van der Waals surface area contributed by atoms with Gasteiger partial charge in [0.15, 0.2) is 5.78 Å². The molecule has 1 N–H and O–H groups in total. The molecule has 0 radical (unpaired) electrons. The molecule has 1 aliphatic carbocycles. The van der Waals surface area contributed by atoms with Crippen LogP contribution >= 0.6 is 23.2 Å². The molecule has 2 aliphatic rings. The number of carboxylic acid groups (broad SMARTS) is 1. The van der Waals surface area contributed by atoms with Crippen molar-refractivity contribution in [3.63, 3.8) is 0 Å². The minimum absolute atomic E-state index is 0.0417. The van der Waals surface area contributed by atoms with Crippen LogP contribution in [0, 0.1) is 11.2 Å². The molecule has 5 nitrogen and oxygen atoms in total. The van der Waals surface area contributed by atoms with Crippen molar-refractivity contribution in [1.29, 1.82) is 0 Å². The fourth-order valence-corrected chi connectivity index (χ4v) is 5.10. The SMILES string of the molecule is CC1(C)CC(=O)C2=C(C1)N(c1cc(C(=O)O)ccc1Cl)C(=O)CC2c1c(F)cccc1Cl. The quantitative estimate of drug-likeness (QED) is 0.590. The van der Waals surface area contributed by atoms with E-state index in [1.807, 2.05) is 13.8 Å². The van der Waals surface area contributed by atoms with Crippen molar-refractivity contribution in [1.82, 2.24) is 0 Å². The highest BCUT2D eigenvalue weighted by Crippen LogP contribution is 2.50. The van der Waals surface area contributed by atoms with E-state index < -0.39 is 29.0 Å². The van der Waals surface area contributed by atoms with Crippen LogP contribution in [0.3, 0.4) is 0 Å². The Kier molecular flexibility index (Phi) is 5.63. The smallest absolute Gasteiger partial charge is 0.335 e. The summed E-state index contributed by atoms with van der Waals surface area (Å²) in [6, 6.07) is 8.32. The van der Waals surface area contributed by atoms with Crippen LogP contribution in [0.5, 0.6) is 0 Å². The van der Waals surface area contributed by atoms with Crippen molar-refractivity contribution in [2.24, 2.45) is 5.41 Å². The van der Waals surface area contributed by atoms with Gasteiger partial charge in [-0.3, -0.25) is 14.5 Å². The summed E-state index contributed by atoms with van der Waals surface area (Å²) in [6.45, 7) is 3.82. The zero-order valence-electron chi connectivity index (χ0n) is 17.4. The van der Waals surface area contributed by atoms with Crippen molar-refractivity contribution in [3.8, 4) is 0 Å². The van der Waals surface area contributed by atoms with Crippen LogP contribution in [0.25, 0.3) is 0 Å². The van der Waals surface area contributed by atoms with E-state index in [2.05, 4.69) is 0 Å². The Bertz CT molecular complexity index is 1180. The molecule has 166 valence electrons. The van der Waals surface area contributed by atoms with Gasteiger partial charge >= 0.3 is 5.97 Å². The summed E-state index contributed by atoms with van der Waals surface area (Å²) in [6.07, 6.45) is 0.397. The molecule has 0 bridgehead atoms. The number of aromatic carboxylic acids is 1. The first kappa shape index (κ1) is 22.5. The van der Waals surface area contributed by atoms with Crippen molar-refractivity contribution >= 4 is 46.5 Å². The third kappa shape index (κ3) is 3.82. The molecule has 1 aliphatic heterocycles. The lowest BCUT2D eigenvalue weighted by Gasteiger charge is -2.43. The van der Waals surface area contributed by atoms with Crippen LogP contribution in [0.15, 0.2) is 47.7 Å². The standard InChI is InChI=1S/C24H20Cl2FNO4/c1-24(2)10-18-22(19(29)11-24)13(21-15(26)4-3-5-16(21)27)9-20(30)28(18)17-8-12(23(31)32)6-7-14(17)25/h3-8,13H,9-11H2,1-2H3,(H,31,32). The predicted octanol–water partition coefficient (Wildman–Crippen LogP) is 5.99. The minimum atomic E-state index is -1.17. The first-order valence-corrected chi connectivity index (χ1v) is 10.8. The van der Waals surface area contributed by atoms with E-state index in [0.717, 1.165) is 0 Å².